The number of fused-ring (bicyclic) bond motifs is 1. The maximum atomic E-state index is 12.6. The molecule has 2 aliphatic heterocycles. The SMILES string of the molecule is CCS(=O)(=O)c1ccc(N2CCC(NC(=O)CN3C(=O)COc4ccccc43)CC2)cc1. The summed E-state index contributed by atoms with van der Waals surface area (Å²) in [6.07, 6.45) is 1.54. The maximum absolute atomic E-state index is 12.6. The molecule has 1 saturated heterocycles. The van der Waals surface area contributed by atoms with E-state index in [1.165, 1.54) is 4.90 Å². The summed E-state index contributed by atoms with van der Waals surface area (Å²) in [6, 6.07) is 14.2. The Bertz CT molecular complexity index is 1090. The number of anilines is 2. The Kier molecular flexibility index (Phi) is 6.36. The molecule has 1 N–H and O–H groups in total. The number of rotatable bonds is 6. The van der Waals surface area contributed by atoms with E-state index >= 15 is 0 Å². The van der Waals surface area contributed by atoms with Crippen LogP contribution >= 0.6 is 0 Å². The maximum Gasteiger partial charge on any atom is 0.265 e. The van der Waals surface area contributed by atoms with Crippen LogP contribution in [-0.2, 0) is 19.4 Å². The third kappa shape index (κ3) is 4.72. The Morgan fingerprint density at radius 1 is 1.09 bits per heavy atom. The molecule has 1 fully saturated rings. The van der Waals surface area contributed by atoms with Crippen LogP contribution in [0.2, 0.25) is 0 Å². The largest absolute Gasteiger partial charge is 0.482 e. The lowest BCUT2D eigenvalue weighted by Crippen LogP contribution is -2.50. The Hall–Kier alpha value is -3.07. The monoisotopic (exact) mass is 457 g/mol. The van der Waals surface area contributed by atoms with Gasteiger partial charge in [-0.25, -0.2) is 8.42 Å². The van der Waals surface area contributed by atoms with Crippen LogP contribution in [0.25, 0.3) is 0 Å². The van der Waals surface area contributed by atoms with Gasteiger partial charge in [-0.3, -0.25) is 14.5 Å². The van der Waals surface area contributed by atoms with Gasteiger partial charge in [0.05, 0.1) is 16.3 Å². The summed E-state index contributed by atoms with van der Waals surface area (Å²) in [7, 11) is -3.20. The molecule has 0 aromatic heterocycles. The van der Waals surface area contributed by atoms with Crippen molar-refractivity contribution >= 4 is 33.0 Å². The topological polar surface area (TPSA) is 96.0 Å². The van der Waals surface area contributed by atoms with Crippen LogP contribution in [-0.4, -0.2) is 58.3 Å². The summed E-state index contributed by atoms with van der Waals surface area (Å²) >= 11 is 0. The fraction of sp³-hybridized carbons (Fsp3) is 0.391. The van der Waals surface area contributed by atoms with Crippen molar-refractivity contribution in [2.24, 2.45) is 0 Å². The molecule has 0 spiro atoms. The van der Waals surface area contributed by atoms with Crippen LogP contribution in [0.5, 0.6) is 5.75 Å². The summed E-state index contributed by atoms with van der Waals surface area (Å²) in [4.78, 5) is 28.9. The summed E-state index contributed by atoms with van der Waals surface area (Å²) < 4.78 is 29.4. The van der Waals surface area contributed by atoms with E-state index in [1.807, 2.05) is 24.3 Å². The predicted molar refractivity (Wildman–Crippen MR) is 122 cm³/mol. The highest BCUT2D eigenvalue weighted by molar-refractivity contribution is 7.91. The van der Waals surface area contributed by atoms with Crippen LogP contribution in [0.15, 0.2) is 53.4 Å². The Balaban J connectivity index is 1.31. The highest BCUT2D eigenvalue weighted by atomic mass is 32.2. The first-order chi connectivity index (χ1) is 15.4. The highest BCUT2D eigenvalue weighted by Gasteiger charge is 2.28. The second kappa shape index (κ2) is 9.20. The summed E-state index contributed by atoms with van der Waals surface area (Å²) in [5.41, 5.74) is 1.59. The number of sulfone groups is 1. The van der Waals surface area contributed by atoms with Crippen LogP contribution in [0.3, 0.4) is 0 Å². The van der Waals surface area contributed by atoms with Gasteiger partial charge in [-0.15, -0.1) is 0 Å². The van der Waals surface area contributed by atoms with Gasteiger partial charge in [0.15, 0.2) is 16.4 Å². The fourth-order valence-corrected chi connectivity index (χ4v) is 4.94. The van der Waals surface area contributed by atoms with Crippen LogP contribution in [0.1, 0.15) is 19.8 Å². The lowest BCUT2D eigenvalue weighted by atomic mass is 10.0. The molecule has 0 aliphatic carbocycles. The normalized spacial score (nSPS) is 17.0. The minimum absolute atomic E-state index is 0.0323. The van der Waals surface area contributed by atoms with Gasteiger partial charge in [-0.2, -0.15) is 0 Å². The molecule has 0 atom stereocenters. The number of amides is 2. The average Bonchev–Trinajstić information content (AvgIpc) is 2.81. The lowest BCUT2D eigenvalue weighted by molar-refractivity contribution is -0.125. The van der Waals surface area contributed by atoms with Crippen molar-refractivity contribution in [3.8, 4) is 5.75 Å². The molecule has 8 nitrogen and oxygen atoms in total. The third-order valence-corrected chi connectivity index (χ3v) is 7.66. The van der Waals surface area contributed by atoms with Gasteiger partial charge in [0.25, 0.3) is 5.91 Å². The number of carbonyl (C=O) groups excluding carboxylic acids is 2. The molecule has 170 valence electrons. The molecule has 0 unspecified atom stereocenters. The van der Waals surface area contributed by atoms with Gasteiger partial charge in [-0.1, -0.05) is 19.1 Å². The zero-order valence-electron chi connectivity index (χ0n) is 18.0. The lowest BCUT2D eigenvalue weighted by Gasteiger charge is -2.34. The second-order valence-electron chi connectivity index (χ2n) is 7.96. The average molecular weight is 458 g/mol. The van der Waals surface area contributed by atoms with Crippen molar-refractivity contribution in [3.05, 3.63) is 48.5 Å². The number of nitrogens with one attached hydrogen (secondary N) is 1. The standard InChI is InChI=1S/C23H27N3O5S/c1-2-32(29,30)19-9-7-18(8-10-19)25-13-11-17(12-14-25)24-22(27)15-26-20-5-3-4-6-21(20)31-16-23(26)28/h3-10,17H,2,11-16H2,1H3,(H,24,27). The summed E-state index contributed by atoms with van der Waals surface area (Å²) in [5.74, 6) is 0.259. The molecule has 0 saturated carbocycles. The molecule has 32 heavy (non-hydrogen) atoms. The molecule has 4 rings (SSSR count). The first-order valence-corrected chi connectivity index (χ1v) is 12.4. The quantitative estimate of drug-likeness (QED) is 0.713. The van der Waals surface area contributed by atoms with Crippen molar-refractivity contribution in [3.63, 3.8) is 0 Å². The van der Waals surface area contributed by atoms with Crippen LogP contribution in [0.4, 0.5) is 11.4 Å². The molecule has 2 aromatic rings. The van der Waals surface area contributed by atoms with E-state index in [4.69, 9.17) is 4.74 Å². The van der Waals surface area contributed by atoms with E-state index in [-0.39, 0.29) is 36.8 Å². The van der Waals surface area contributed by atoms with E-state index in [0.717, 1.165) is 31.6 Å². The summed E-state index contributed by atoms with van der Waals surface area (Å²) in [6.45, 7) is 3.04. The smallest absolute Gasteiger partial charge is 0.265 e. The predicted octanol–water partition coefficient (Wildman–Crippen LogP) is 1.99. The van der Waals surface area contributed by atoms with E-state index in [2.05, 4.69) is 10.2 Å². The molecule has 0 radical (unpaired) electrons. The molecular formula is C23H27N3O5S. The number of hydrogen-bond acceptors (Lipinski definition) is 6. The van der Waals surface area contributed by atoms with Gasteiger partial charge in [0.2, 0.25) is 5.91 Å². The molecule has 2 heterocycles. The van der Waals surface area contributed by atoms with Crippen molar-refractivity contribution in [2.75, 3.05) is 41.8 Å². The molecule has 2 amide bonds. The first kappa shape index (κ1) is 22.1. The Morgan fingerprint density at radius 3 is 2.47 bits per heavy atom. The summed E-state index contributed by atoms with van der Waals surface area (Å²) in [5, 5.41) is 3.05. The number of para-hydroxylation sites is 2. The van der Waals surface area contributed by atoms with Gasteiger partial charge < -0.3 is 15.0 Å². The van der Waals surface area contributed by atoms with E-state index in [0.29, 0.717) is 16.3 Å². The molecular weight excluding hydrogens is 430 g/mol. The second-order valence-corrected chi connectivity index (χ2v) is 10.2. The Labute approximate surface area is 188 Å². The van der Waals surface area contributed by atoms with Crippen LogP contribution in [0, 0.1) is 0 Å². The van der Waals surface area contributed by atoms with Crippen molar-refractivity contribution in [1.82, 2.24) is 5.32 Å². The van der Waals surface area contributed by atoms with Gasteiger partial charge >= 0.3 is 0 Å². The highest BCUT2D eigenvalue weighted by Crippen LogP contribution is 2.31. The number of hydrogen-bond donors (Lipinski definition) is 1. The van der Waals surface area contributed by atoms with Crippen LogP contribution < -0.4 is 19.9 Å². The van der Waals surface area contributed by atoms with Gasteiger partial charge in [-0.05, 0) is 49.2 Å². The fourth-order valence-electron chi connectivity index (χ4n) is 4.06. The number of ether oxygens (including phenoxy) is 1. The number of piperidine rings is 1. The minimum Gasteiger partial charge on any atom is -0.482 e. The zero-order chi connectivity index (χ0) is 22.7. The van der Waals surface area contributed by atoms with Crippen molar-refractivity contribution < 1.29 is 22.7 Å². The molecule has 0 bridgehead atoms. The third-order valence-electron chi connectivity index (χ3n) is 5.91. The zero-order valence-corrected chi connectivity index (χ0v) is 18.8. The van der Waals surface area contributed by atoms with E-state index < -0.39 is 9.84 Å². The Morgan fingerprint density at radius 2 is 1.78 bits per heavy atom. The van der Waals surface area contributed by atoms with Crippen molar-refractivity contribution in [1.29, 1.82) is 0 Å². The number of benzene rings is 2. The molecule has 2 aromatic carbocycles. The first-order valence-electron chi connectivity index (χ1n) is 10.8. The van der Waals surface area contributed by atoms with Crippen molar-refractivity contribution in [2.45, 2.75) is 30.7 Å². The number of nitrogens with zero attached hydrogens (tertiary/aromatic N) is 2. The van der Waals surface area contributed by atoms with E-state index in [9.17, 15) is 18.0 Å². The van der Waals surface area contributed by atoms with Gasteiger partial charge in [0.1, 0.15) is 12.3 Å². The molecule has 2 aliphatic rings. The molecule has 9 heteroatoms. The number of carbonyl (C=O) groups is 2. The minimum atomic E-state index is -3.20. The van der Waals surface area contributed by atoms with E-state index in [1.54, 1.807) is 31.2 Å². The van der Waals surface area contributed by atoms with Gasteiger partial charge in [0, 0.05) is 24.8 Å².